The maximum absolute atomic E-state index is 12.9. The number of benzene rings is 1. The summed E-state index contributed by atoms with van der Waals surface area (Å²) in [5.41, 5.74) is 4.19. The summed E-state index contributed by atoms with van der Waals surface area (Å²) in [5.74, 6) is -1.15. The minimum Gasteiger partial charge on any atom is -0.383 e. The summed E-state index contributed by atoms with van der Waals surface area (Å²) in [5, 5.41) is 5.27. The number of nitrogen functional groups attached to an aromatic ring is 1. The molecule has 3 aromatic rings. The normalized spacial score (nSPS) is 12.9. The molecule has 0 radical (unpaired) electrons. The van der Waals surface area contributed by atoms with Gasteiger partial charge >= 0.3 is 0 Å². The van der Waals surface area contributed by atoms with Crippen molar-refractivity contribution in [1.82, 2.24) is 19.9 Å². The third kappa shape index (κ3) is 6.04. The second-order valence-corrected chi connectivity index (χ2v) is 7.78. The predicted molar refractivity (Wildman–Crippen MR) is 124 cm³/mol. The zero-order valence-corrected chi connectivity index (χ0v) is 18.7. The molecule has 1 aromatic carbocycles. The number of nitrogens with one attached hydrogen (secondary N) is 2. The van der Waals surface area contributed by atoms with Crippen LogP contribution in [0.2, 0.25) is 10.0 Å². The fourth-order valence-corrected chi connectivity index (χ4v) is 3.72. The maximum Gasteiger partial charge on any atom is 0.273 e. The molecule has 33 heavy (non-hydrogen) atoms. The number of carbonyl (C=O) groups is 1. The van der Waals surface area contributed by atoms with Crippen LogP contribution in [-0.4, -0.2) is 33.5 Å². The van der Waals surface area contributed by atoms with Gasteiger partial charge in [-0.1, -0.05) is 23.2 Å². The summed E-state index contributed by atoms with van der Waals surface area (Å²) >= 11 is 12.1. The minimum atomic E-state index is -2.80. The average molecular weight is 497 g/mol. The number of pyridine rings is 1. The lowest BCUT2D eigenvalue weighted by molar-refractivity contribution is 0.102. The number of nitrogens with two attached hydrogens (primary N) is 1. The second-order valence-electron chi connectivity index (χ2n) is 6.97. The highest BCUT2D eigenvalue weighted by Crippen LogP contribution is 2.33. The van der Waals surface area contributed by atoms with E-state index in [2.05, 4.69) is 20.6 Å². The number of alkyl halides is 2. The lowest BCUT2D eigenvalue weighted by Crippen LogP contribution is -2.31. The molecule has 8 nitrogen and oxygen atoms in total. The highest BCUT2D eigenvalue weighted by molar-refractivity contribution is 6.37. The van der Waals surface area contributed by atoms with Gasteiger partial charge in [-0.2, -0.15) is 0 Å². The summed E-state index contributed by atoms with van der Waals surface area (Å²) in [4.78, 5) is 33.0. The van der Waals surface area contributed by atoms with Gasteiger partial charge < -0.3 is 16.4 Å². The highest BCUT2D eigenvalue weighted by atomic mass is 35.5. The van der Waals surface area contributed by atoms with Gasteiger partial charge in [0, 0.05) is 11.8 Å². The van der Waals surface area contributed by atoms with Gasteiger partial charge in [-0.05, 0) is 50.2 Å². The molecule has 0 unspecified atom stereocenters. The summed E-state index contributed by atoms with van der Waals surface area (Å²) in [6.07, 6.45) is 3.87. The molecule has 0 bridgehead atoms. The van der Waals surface area contributed by atoms with E-state index in [1.165, 1.54) is 38.3 Å². The van der Waals surface area contributed by atoms with Gasteiger partial charge in [-0.3, -0.25) is 19.1 Å². The van der Waals surface area contributed by atoms with Crippen LogP contribution in [0.4, 0.5) is 20.3 Å². The first-order valence-electron chi connectivity index (χ1n) is 9.86. The van der Waals surface area contributed by atoms with Crippen molar-refractivity contribution in [3.8, 4) is 5.69 Å². The van der Waals surface area contributed by atoms with E-state index < -0.39 is 29.0 Å². The largest absolute Gasteiger partial charge is 0.383 e. The van der Waals surface area contributed by atoms with Gasteiger partial charge in [0.25, 0.3) is 17.9 Å². The molecule has 0 spiro atoms. The number of rotatable bonds is 4. The zero-order valence-electron chi connectivity index (χ0n) is 17.2. The summed E-state index contributed by atoms with van der Waals surface area (Å²) in [6.45, 7) is 2.50. The van der Waals surface area contributed by atoms with Crippen LogP contribution in [-0.2, 0) is 0 Å². The van der Waals surface area contributed by atoms with Crippen molar-refractivity contribution >= 4 is 40.6 Å². The van der Waals surface area contributed by atoms with Crippen molar-refractivity contribution in [3.05, 3.63) is 74.5 Å². The zero-order chi connectivity index (χ0) is 24.0. The molecule has 4 rings (SSSR count). The first-order chi connectivity index (χ1) is 15.8. The average Bonchev–Trinajstić information content (AvgIpc) is 3.35. The van der Waals surface area contributed by atoms with Crippen LogP contribution in [0, 0.1) is 0 Å². The molecule has 2 aromatic heterocycles. The van der Waals surface area contributed by atoms with E-state index in [0.717, 1.165) is 23.0 Å². The van der Waals surface area contributed by atoms with Crippen LogP contribution in [0.1, 0.15) is 35.2 Å². The lowest BCUT2D eigenvalue weighted by Gasteiger charge is -2.14. The first-order valence-corrected chi connectivity index (χ1v) is 10.6. The summed E-state index contributed by atoms with van der Waals surface area (Å²) in [7, 11) is 0. The Kier molecular flexibility index (Phi) is 8.32. The molecule has 12 heteroatoms. The van der Waals surface area contributed by atoms with Crippen LogP contribution >= 0.6 is 23.2 Å². The van der Waals surface area contributed by atoms with E-state index >= 15 is 0 Å². The number of hydrogen-bond donors (Lipinski definition) is 3. The van der Waals surface area contributed by atoms with Gasteiger partial charge in [-0.25, -0.2) is 13.8 Å². The standard InChI is InChI=1S/C17H11Cl2F2N5O2.C4H9N/c18-10-4-8(14(20)21)5-11(19)13(10)26-7-24-15(22)12(17(26)28)16(27)25-9-2-1-3-23-6-9;1-2-4-5-3-1/h1-7,14H,22H2,(H,25,27);5H,1-4H2. The molecule has 3 heterocycles. The number of aromatic nitrogens is 3. The monoisotopic (exact) mass is 496 g/mol. The van der Waals surface area contributed by atoms with Crippen molar-refractivity contribution in [2.24, 2.45) is 0 Å². The van der Waals surface area contributed by atoms with E-state index in [-0.39, 0.29) is 21.6 Å². The Labute approximate surface area is 197 Å². The maximum atomic E-state index is 12.9. The topological polar surface area (TPSA) is 115 Å². The van der Waals surface area contributed by atoms with Crippen molar-refractivity contribution < 1.29 is 13.6 Å². The summed E-state index contributed by atoms with van der Waals surface area (Å²) in [6, 6.07) is 5.11. The van der Waals surface area contributed by atoms with Gasteiger partial charge in [-0.15, -0.1) is 0 Å². The Morgan fingerprint density at radius 1 is 1.21 bits per heavy atom. The summed E-state index contributed by atoms with van der Waals surface area (Å²) < 4.78 is 26.7. The van der Waals surface area contributed by atoms with Crippen LogP contribution in [0.25, 0.3) is 5.69 Å². The third-order valence-corrected chi connectivity index (χ3v) is 5.21. The van der Waals surface area contributed by atoms with Gasteiger partial charge in [0.15, 0.2) is 0 Å². The highest BCUT2D eigenvalue weighted by Gasteiger charge is 2.22. The van der Waals surface area contributed by atoms with Crippen LogP contribution < -0.4 is 21.9 Å². The van der Waals surface area contributed by atoms with Crippen LogP contribution in [0.3, 0.4) is 0 Å². The van der Waals surface area contributed by atoms with Crippen molar-refractivity contribution in [2.45, 2.75) is 19.3 Å². The first kappa shape index (κ1) is 24.6. The molecular weight excluding hydrogens is 477 g/mol. The van der Waals surface area contributed by atoms with Crippen LogP contribution in [0.15, 0.2) is 47.8 Å². The molecular formula is C21H20Cl2F2N6O2. The SMILES string of the molecule is C1CCNC1.Nc1ncn(-c2c(Cl)cc(C(F)F)cc2Cl)c(=O)c1C(=O)Nc1cccnc1. The number of nitrogens with zero attached hydrogens (tertiary/aromatic N) is 3. The molecule has 0 saturated carbocycles. The minimum absolute atomic E-state index is 0.0966. The predicted octanol–water partition coefficient (Wildman–Crippen LogP) is 4.08. The van der Waals surface area contributed by atoms with E-state index in [9.17, 15) is 18.4 Å². The smallest absolute Gasteiger partial charge is 0.273 e. The second kappa shape index (κ2) is 11.2. The van der Waals surface area contributed by atoms with E-state index in [4.69, 9.17) is 28.9 Å². The molecule has 0 aliphatic carbocycles. The molecule has 1 fully saturated rings. The van der Waals surface area contributed by atoms with Gasteiger partial charge in [0.05, 0.1) is 27.6 Å². The quantitative estimate of drug-likeness (QED) is 0.501. The van der Waals surface area contributed by atoms with E-state index in [0.29, 0.717) is 5.69 Å². The fraction of sp³-hybridized carbons (Fsp3) is 0.238. The van der Waals surface area contributed by atoms with Crippen LogP contribution in [0.5, 0.6) is 0 Å². The Morgan fingerprint density at radius 2 is 1.88 bits per heavy atom. The number of carbonyl (C=O) groups excluding carboxylic acids is 1. The van der Waals surface area contributed by atoms with E-state index in [1.54, 1.807) is 12.1 Å². The molecule has 1 amide bonds. The molecule has 1 aliphatic heterocycles. The van der Waals surface area contributed by atoms with Crippen molar-refractivity contribution in [1.29, 1.82) is 0 Å². The lowest BCUT2D eigenvalue weighted by atomic mass is 10.2. The van der Waals surface area contributed by atoms with Crippen molar-refractivity contribution in [2.75, 3.05) is 24.1 Å². The molecule has 0 atom stereocenters. The molecule has 174 valence electrons. The van der Waals surface area contributed by atoms with Gasteiger partial charge in [0.2, 0.25) is 0 Å². The third-order valence-electron chi connectivity index (χ3n) is 4.64. The van der Waals surface area contributed by atoms with Crippen molar-refractivity contribution in [3.63, 3.8) is 0 Å². The Hall–Kier alpha value is -3.08. The molecule has 1 saturated heterocycles. The number of anilines is 2. The number of halogens is 4. The molecule has 1 aliphatic rings. The Balaban J connectivity index is 0.000000541. The number of hydrogen-bond acceptors (Lipinski definition) is 6. The van der Waals surface area contributed by atoms with Gasteiger partial charge in [0.1, 0.15) is 17.7 Å². The van der Waals surface area contributed by atoms with E-state index in [1.807, 2.05) is 0 Å². The fourth-order valence-electron chi connectivity index (χ4n) is 3.04. The Bertz CT molecular complexity index is 1160. The molecule has 4 N–H and O–H groups in total. The Morgan fingerprint density at radius 3 is 2.39 bits per heavy atom. The number of amides is 1.